The molecule has 0 aromatic heterocycles. The standard InChI is InChI=1S/C18H13BrN2/c19-14-7-9-15(10-8-14)20-21-17-11-13-5-1-3-12-4-2-6-16(17)18(12)13/h1-10,17H,11H2. The van der Waals surface area contributed by atoms with Gasteiger partial charge in [0.2, 0.25) is 0 Å². The number of rotatable bonds is 2. The summed E-state index contributed by atoms with van der Waals surface area (Å²) in [5.41, 5.74) is 3.56. The highest BCUT2D eigenvalue weighted by atomic mass is 79.9. The predicted octanol–water partition coefficient (Wildman–Crippen LogP) is 5.98. The minimum atomic E-state index is 0.134. The van der Waals surface area contributed by atoms with Gasteiger partial charge in [-0.15, -0.1) is 0 Å². The summed E-state index contributed by atoms with van der Waals surface area (Å²) in [7, 11) is 0. The smallest absolute Gasteiger partial charge is 0.101 e. The third-order valence-corrected chi connectivity index (χ3v) is 4.46. The quantitative estimate of drug-likeness (QED) is 0.514. The second kappa shape index (κ2) is 5.08. The Morgan fingerprint density at radius 2 is 1.67 bits per heavy atom. The lowest BCUT2D eigenvalue weighted by atomic mass is 10.1. The predicted molar refractivity (Wildman–Crippen MR) is 89.1 cm³/mol. The molecule has 0 aliphatic heterocycles. The second-order valence-electron chi connectivity index (χ2n) is 5.27. The van der Waals surface area contributed by atoms with Gasteiger partial charge in [-0.3, -0.25) is 0 Å². The fraction of sp³-hybridized carbons (Fsp3) is 0.111. The van der Waals surface area contributed by atoms with Crippen molar-refractivity contribution in [3.63, 3.8) is 0 Å². The summed E-state index contributed by atoms with van der Waals surface area (Å²) in [4.78, 5) is 0. The van der Waals surface area contributed by atoms with E-state index in [0.717, 1.165) is 16.6 Å². The molecule has 1 aliphatic carbocycles. The topological polar surface area (TPSA) is 24.7 Å². The Morgan fingerprint density at radius 3 is 2.48 bits per heavy atom. The van der Waals surface area contributed by atoms with E-state index in [-0.39, 0.29) is 6.04 Å². The number of halogens is 1. The summed E-state index contributed by atoms with van der Waals surface area (Å²) in [5.74, 6) is 0. The van der Waals surface area contributed by atoms with Crippen molar-refractivity contribution in [3.8, 4) is 0 Å². The molecule has 3 aromatic rings. The molecule has 1 aliphatic rings. The average Bonchev–Trinajstić information content (AvgIpc) is 2.88. The van der Waals surface area contributed by atoms with E-state index in [9.17, 15) is 0 Å². The molecule has 0 bridgehead atoms. The minimum absolute atomic E-state index is 0.134. The molecule has 1 unspecified atom stereocenters. The van der Waals surface area contributed by atoms with Gasteiger partial charge < -0.3 is 0 Å². The third kappa shape index (κ3) is 2.28. The zero-order chi connectivity index (χ0) is 14.2. The maximum Gasteiger partial charge on any atom is 0.101 e. The van der Waals surface area contributed by atoms with Crippen LogP contribution in [0.25, 0.3) is 10.8 Å². The maximum absolute atomic E-state index is 4.57. The summed E-state index contributed by atoms with van der Waals surface area (Å²) in [6.45, 7) is 0. The fourth-order valence-corrected chi connectivity index (χ4v) is 3.23. The van der Waals surface area contributed by atoms with Crippen molar-refractivity contribution in [2.45, 2.75) is 12.5 Å². The molecule has 0 fully saturated rings. The number of hydrogen-bond acceptors (Lipinski definition) is 2. The molecule has 102 valence electrons. The Labute approximate surface area is 131 Å². The lowest BCUT2D eigenvalue weighted by Gasteiger charge is -2.04. The molecule has 0 saturated carbocycles. The molecule has 0 amide bonds. The zero-order valence-corrected chi connectivity index (χ0v) is 12.9. The Hall–Kier alpha value is -2.00. The molecule has 21 heavy (non-hydrogen) atoms. The van der Waals surface area contributed by atoms with Gasteiger partial charge in [0.05, 0.1) is 5.69 Å². The van der Waals surface area contributed by atoms with Crippen LogP contribution in [0.5, 0.6) is 0 Å². The van der Waals surface area contributed by atoms with E-state index in [1.165, 1.54) is 21.9 Å². The highest BCUT2D eigenvalue weighted by molar-refractivity contribution is 9.10. The van der Waals surface area contributed by atoms with E-state index < -0.39 is 0 Å². The number of nitrogens with zero attached hydrogens (tertiary/aromatic N) is 2. The normalized spacial score (nSPS) is 16.9. The highest BCUT2D eigenvalue weighted by Gasteiger charge is 2.23. The highest BCUT2D eigenvalue weighted by Crippen LogP contribution is 2.39. The molecule has 2 nitrogen and oxygen atoms in total. The van der Waals surface area contributed by atoms with E-state index >= 15 is 0 Å². The van der Waals surface area contributed by atoms with Crippen molar-refractivity contribution >= 4 is 32.4 Å². The average molecular weight is 337 g/mol. The maximum atomic E-state index is 4.57. The third-order valence-electron chi connectivity index (χ3n) is 3.93. The molecule has 3 heteroatoms. The van der Waals surface area contributed by atoms with E-state index in [1.54, 1.807) is 0 Å². The number of hydrogen-bond donors (Lipinski definition) is 0. The van der Waals surface area contributed by atoms with Crippen LogP contribution in [0.4, 0.5) is 5.69 Å². The molecule has 1 atom stereocenters. The van der Waals surface area contributed by atoms with E-state index in [2.05, 4.69) is 62.6 Å². The van der Waals surface area contributed by atoms with Crippen molar-refractivity contribution in [2.75, 3.05) is 0 Å². The van der Waals surface area contributed by atoms with E-state index in [4.69, 9.17) is 0 Å². The van der Waals surface area contributed by atoms with Crippen LogP contribution >= 0.6 is 15.9 Å². The van der Waals surface area contributed by atoms with Crippen LogP contribution in [-0.4, -0.2) is 0 Å². The van der Waals surface area contributed by atoms with Crippen molar-refractivity contribution in [1.82, 2.24) is 0 Å². The summed E-state index contributed by atoms with van der Waals surface area (Å²) < 4.78 is 1.06. The van der Waals surface area contributed by atoms with Gasteiger partial charge in [0.15, 0.2) is 0 Å². The van der Waals surface area contributed by atoms with Crippen molar-refractivity contribution < 1.29 is 0 Å². The molecular weight excluding hydrogens is 324 g/mol. The van der Waals surface area contributed by atoms with Gasteiger partial charge in [0.25, 0.3) is 0 Å². The van der Waals surface area contributed by atoms with Crippen molar-refractivity contribution in [2.24, 2.45) is 10.2 Å². The Balaban J connectivity index is 1.70. The van der Waals surface area contributed by atoms with Crippen LogP contribution in [-0.2, 0) is 6.42 Å². The van der Waals surface area contributed by atoms with Crippen LogP contribution in [0.2, 0.25) is 0 Å². The molecule has 0 radical (unpaired) electrons. The number of azo groups is 1. The Bertz CT molecular complexity index is 832. The Morgan fingerprint density at radius 1 is 0.905 bits per heavy atom. The molecule has 3 aromatic carbocycles. The first kappa shape index (κ1) is 12.7. The summed E-state index contributed by atoms with van der Waals surface area (Å²) in [5, 5.41) is 11.6. The van der Waals surface area contributed by atoms with Crippen molar-refractivity contribution in [3.05, 3.63) is 76.3 Å². The second-order valence-corrected chi connectivity index (χ2v) is 6.19. The van der Waals surface area contributed by atoms with E-state index in [1.807, 2.05) is 24.3 Å². The molecule has 0 heterocycles. The molecular formula is C18H13BrN2. The SMILES string of the molecule is Brc1ccc(N=NC2Cc3cccc4cccc2c34)cc1. The van der Waals surface area contributed by atoms with Crippen LogP contribution in [0.1, 0.15) is 17.2 Å². The van der Waals surface area contributed by atoms with Crippen molar-refractivity contribution in [1.29, 1.82) is 0 Å². The largest absolute Gasteiger partial charge is 0.180 e. The molecule has 0 saturated heterocycles. The lowest BCUT2D eigenvalue weighted by molar-refractivity contribution is 0.714. The van der Waals surface area contributed by atoms with Crippen LogP contribution in [0.15, 0.2) is 75.4 Å². The van der Waals surface area contributed by atoms with Gasteiger partial charge in [0, 0.05) is 10.9 Å². The first-order valence-corrected chi connectivity index (χ1v) is 7.77. The minimum Gasteiger partial charge on any atom is -0.180 e. The van der Waals surface area contributed by atoms with Gasteiger partial charge >= 0.3 is 0 Å². The molecule has 0 N–H and O–H groups in total. The summed E-state index contributed by atoms with van der Waals surface area (Å²) in [6, 6.07) is 21.0. The molecule has 0 spiro atoms. The first-order valence-electron chi connectivity index (χ1n) is 6.98. The van der Waals surface area contributed by atoms with Crippen LogP contribution < -0.4 is 0 Å². The van der Waals surface area contributed by atoms with Gasteiger partial charge in [0.1, 0.15) is 6.04 Å². The fourth-order valence-electron chi connectivity index (χ4n) is 2.96. The summed E-state index contributed by atoms with van der Waals surface area (Å²) >= 11 is 3.43. The lowest BCUT2D eigenvalue weighted by Crippen LogP contribution is -1.90. The zero-order valence-electron chi connectivity index (χ0n) is 11.3. The molecule has 4 rings (SSSR count). The van der Waals surface area contributed by atoms with Crippen LogP contribution in [0.3, 0.4) is 0 Å². The van der Waals surface area contributed by atoms with Gasteiger partial charge in [-0.1, -0.05) is 52.3 Å². The van der Waals surface area contributed by atoms with Gasteiger partial charge in [-0.05, 0) is 46.2 Å². The number of benzene rings is 3. The monoisotopic (exact) mass is 336 g/mol. The summed E-state index contributed by atoms with van der Waals surface area (Å²) in [6.07, 6.45) is 0.941. The van der Waals surface area contributed by atoms with Gasteiger partial charge in [-0.25, -0.2) is 0 Å². The first-order chi connectivity index (χ1) is 10.3. The van der Waals surface area contributed by atoms with Gasteiger partial charge in [-0.2, -0.15) is 10.2 Å². The van der Waals surface area contributed by atoms with E-state index in [0.29, 0.717) is 0 Å². The Kier molecular flexibility index (Phi) is 3.08. The van der Waals surface area contributed by atoms with Crippen LogP contribution in [0, 0.1) is 0 Å².